The van der Waals surface area contributed by atoms with Crippen molar-refractivity contribution in [3.8, 4) is 0 Å². The Kier molecular flexibility index (Phi) is 16.8. The molecule has 4 aliphatic heterocycles. The third-order valence-corrected chi connectivity index (χ3v) is 21.2. The first-order valence-electron chi connectivity index (χ1n) is 27.4. The summed E-state index contributed by atoms with van der Waals surface area (Å²) in [6, 6.07) is 0. The van der Waals surface area contributed by atoms with Crippen molar-refractivity contribution in [3.63, 3.8) is 0 Å². The van der Waals surface area contributed by atoms with Crippen molar-refractivity contribution in [2.75, 3.05) is 33.0 Å². The van der Waals surface area contributed by atoms with Crippen LogP contribution in [0.5, 0.6) is 0 Å². The van der Waals surface area contributed by atoms with Gasteiger partial charge in [-0.25, -0.2) is 0 Å². The molecule has 436 valence electrons. The first-order valence-corrected chi connectivity index (χ1v) is 27.4. The fourth-order valence-electron chi connectivity index (χ4n) is 16.1. The number of allylic oxidation sites excluding steroid dienone is 2. The molecule has 28 atom stereocenters. The van der Waals surface area contributed by atoms with E-state index in [0.717, 1.165) is 12.8 Å². The lowest BCUT2D eigenvalue weighted by atomic mass is 9.33. The van der Waals surface area contributed by atoms with E-state index in [1.54, 1.807) is 0 Å². The van der Waals surface area contributed by atoms with Gasteiger partial charge < -0.3 is 109 Å². The van der Waals surface area contributed by atoms with Crippen LogP contribution in [0, 0.1) is 50.2 Å². The van der Waals surface area contributed by atoms with Crippen LogP contribution in [0.2, 0.25) is 0 Å². The number of rotatable bonds is 12. The number of carbonyl (C=O) groups is 1. The van der Waals surface area contributed by atoms with Gasteiger partial charge in [-0.15, -0.1) is 0 Å². The first-order chi connectivity index (χ1) is 35.7. The van der Waals surface area contributed by atoms with Gasteiger partial charge in [0.15, 0.2) is 18.9 Å². The molecule has 0 amide bonds. The molecule has 0 radical (unpaired) electrons. The molecule has 4 saturated heterocycles. The number of esters is 1. The summed E-state index contributed by atoms with van der Waals surface area (Å²) in [6.45, 7) is 10.9. The summed E-state index contributed by atoms with van der Waals surface area (Å²) in [4.78, 5) is 15.1. The first kappa shape index (κ1) is 59.0. The monoisotopic (exact) mass is 1090 g/mol. The highest BCUT2D eigenvalue weighted by Crippen LogP contribution is 2.76. The summed E-state index contributed by atoms with van der Waals surface area (Å²) in [5, 5.41) is 149. The van der Waals surface area contributed by atoms with Gasteiger partial charge in [0.2, 0.25) is 6.29 Å². The molecule has 8 fully saturated rings. The molecule has 0 bridgehead atoms. The SMILES string of the molecule is CC1(C)CCC2(C(=O)OC3OC(COC4OC(CO)C(O)C(O)C4O)C(O)C(O)C3O)CCC3(C)C(=CCC4C5(C)CCC(OC6OCC(O)C(O)C6OC6OC(CO)C(O)C(O)C6O)C(C)(CO)C5CCC43C)C2C1. The molecule has 4 saturated carbocycles. The quantitative estimate of drug-likeness (QED) is 0.0549. The zero-order valence-corrected chi connectivity index (χ0v) is 44.4. The van der Waals surface area contributed by atoms with Crippen molar-refractivity contribution < 1.29 is 114 Å². The maximum Gasteiger partial charge on any atom is 0.315 e. The van der Waals surface area contributed by atoms with Crippen LogP contribution in [0.4, 0.5) is 0 Å². The van der Waals surface area contributed by atoms with Gasteiger partial charge >= 0.3 is 5.97 Å². The van der Waals surface area contributed by atoms with Gasteiger partial charge in [0.05, 0.1) is 44.6 Å². The van der Waals surface area contributed by atoms with Crippen molar-refractivity contribution >= 4 is 5.97 Å². The number of aliphatic hydroxyl groups excluding tert-OH is 14. The molecule has 5 aliphatic carbocycles. The van der Waals surface area contributed by atoms with E-state index in [0.29, 0.717) is 51.4 Å². The highest BCUT2D eigenvalue weighted by molar-refractivity contribution is 5.79. The predicted octanol–water partition coefficient (Wildman–Crippen LogP) is -2.42. The molecule has 0 aromatic heterocycles. The molecule has 23 nitrogen and oxygen atoms in total. The second-order valence-electron chi connectivity index (χ2n) is 25.7. The molecule has 0 spiro atoms. The van der Waals surface area contributed by atoms with E-state index in [1.807, 2.05) is 6.92 Å². The Morgan fingerprint density at radius 1 is 0.605 bits per heavy atom. The van der Waals surface area contributed by atoms with Crippen molar-refractivity contribution in [1.29, 1.82) is 0 Å². The maximum atomic E-state index is 15.1. The maximum absolute atomic E-state index is 15.1. The Labute approximate surface area is 442 Å². The summed E-state index contributed by atoms with van der Waals surface area (Å²) < 4.78 is 47.4. The molecule has 4 heterocycles. The van der Waals surface area contributed by atoms with Crippen LogP contribution in [-0.2, 0) is 42.7 Å². The Morgan fingerprint density at radius 2 is 1.18 bits per heavy atom. The average molecular weight is 1090 g/mol. The van der Waals surface area contributed by atoms with Crippen LogP contribution in [0.25, 0.3) is 0 Å². The minimum atomic E-state index is -1.85. The zero-order valence-electron chi connectivity index (χ0n) is 44.4. The second-order valence-corrected chi connectivity index (χ2v) is 25.7. The zero-order chi connectivity index (χ0) is 55.4. The number of hydrogen-bond donors (Lipinski definition) is 14. The Balaban J connectivity index is 0.931. The summed E-state index contributed by atoms with van der Waals surface area (Å²) in [7, 11) is 0. The van der Waals surface area contributed by atoms with Gasteiger partial charge in [0, 0.05) is 5.41 Å². The molecule has 9 rings (SSSR count). The fourth-order valence-corrected chi connectivity index (χ4v) is 16.1. The van der Waals surface area contributed by atoms with Gasteiger partial charge in [-0.05, 0) is 104 Å². The van der Waals surface area contributed by atoms with Crippen molar-refractivity contribution in [2.45, 2.75) is 229 Å². The van der Waals surface area contributed by atoms with E-state index in [-0.39, 0.29) is 52.6 Å². The summed E-state index contributed by atoms with van der Waals surface area (Å²) in [5.74, 6) is -0.803. The molecule has 23 heteroatoms. The van der Waals surface area contributed by atoms with Crippen molar-refractivity contribution in [1.82, 2.24) is 0 Å². The van der Waals surface area contributed by atoms with E-state index in [4.69, 9.17) is 37.9 Å². The number of fused-ring (bicyclic) bond motifs is 7. The van der Waals surface area contributed by atoms with Gasteiger partial charge in [-0.3, -0.25) is 4.79 Å². The Morgan fingerprint density at radius 3 is 1.82 bits per heavy atom. The molecule has 14 N–H and O–H groups in total. The van der Waals surface area contributed by atoms with Crippen LogP contribution in [0.15, 0.2) is 11.6 Å². The van der Waals surface area contributed by atoms with Gasteiger partial charge in [-0.2, -0.15) is 0 Å². The normalized spacial score (nSPS) is 54.3. The Bertz CT molecular complexity index is 2080. The van der Waals surface area contributed by atoms with Crippen LogP contribution in [-0.4, -0.2) is 233 Å². The fraction of sp³-hybridized carbons (Fsp3) is 0.943. The lowest BCUT2D eigenvalue weighted by Crippen LogP contribution is -2.67. The summed E-state index contributed by atoms with van der Waals surface area (Å²) in [6.07, 6.45) is -22.4. The Hall–Kier alpha value is -1.63. The van der Waals surface area contributed by atoms with Crippen molar-refractivity contribution in [3.05, 3.63) is 11.6 Å². The number of hydrogen-bond acceptors (Lipinski definition) is 23. The third kappa shape index (κ3) is 9.56. The smallest absolute Gasteiger partial charge is 0.315 e. The van der Waals surface area contributed by atoms with Gasteiger partial charge in [0.1, 0.15) is 91.6 Å². The molecule has 76 heavy (non-hydrogen) atoms. The van der Waals surface area contributed by atoms with Gasteiger partial charge in [0.25, 0.3) is 0 Å². The van der Waals surface area contributed by atoms with E-state index in [2.05, 4.69) is 40.7 Å². The standard InChI is InChI=1S/C53H86O23/c1-48(2)13-15-53(47(68)76-45-41(67)38(64)35(61)28(73-45)21-70-43-39(65)36(62)33(59)26(18-54)71-43)16-14-51(5)23(24(53)17-48)7-8-30-49(3)11-10-31(50(4,22-56)29(49)9-12-52(30,51)6)74-46-42(32(58)25(57)20-69-46)75-44-40(66)37(63)34(60)27(19-55)72-44/h7,24-46,54-67H,8-22H2,1-6H3. The van der Waals surface area contributed by atoms with Crippen LogP contribution in [0.1, 0.15) is 106 Å². The molecule has 0 aromatic carbocycles. The minimum Gasteiger partial charge on any atom is -0.432 e. The largest absolute Gasteiger partial charge is 0.432 e. The van der Waals surface area contributed by atoms with E-state index in [9.17, 15) is 71.5 Å². The predicted molar refractivity (Wildman–Crippen MR) is 258 cm³/mol. The van der Waals surface area contributed by atoms with Crippen LogP contribution in [0.3, 0.4) is 0 Å². The second kappa shape index (κ2) is 21.6. The number of carbonyl (C=O) groups excluding carboxylic acids is 1. The average Bonchev–Trinajstić information content (AvgIpc) is 3.38. The molecular formula is C53H86O23. The molecule has 28 unspecified atom stereocenters. The summed E-state index contributed by atoms with van der Waals surface area (Å²) >= 11 is 0. The van der Waals surface area contributed by atoms with Crippen LogP contribution < -0.4 is 0 Å². The molecular weight excluding hydrogens is 1000 g/mol. The van der Waals surface area contributed by atoms with E-state index < -0.39 is 159 Å². The molecule has 0 aromatic rings. The van der Waals surface area contributed by atoms with Crippen molar-refractivity contribution in [2.24, 2.45) is 50.2 Å². The topological polar surface area (TPSA) is 374 Å². The van der Waals surface area contributed by atoms with Gasteiger partial charge in [-0.1, -0.05) is 53.2 Å². The lowest BCUT2D eigenvalue weighted by Gasteiger charge is -2.71. The highest BCUT2D eigenvalue weighted by atomic mass is 16.8. The molecule has 9 aliphatic rings. The minimum absolute atomic E-state index is 0.0715. The lowest BCUT2D eigenvalue weighted by molar-refractivity contribution is -0.368. The number of aliphatic hydroxyl groups is 14. The van der Waals surface area contributed by atoms with Crippen LogP contribution >= 0.6 is 0 Å². The third-order valence-electron chi connectivity index (χ3n) is 21.2. The summed E-state index contributed by atoms with van der Waals surface area (Å²) in [5.41, 5.74) is -1.83. The van der Waals surface area contributed by atoms with E-state index in [1.165, 1.54) is 5.57 Å². The van der Waals surface area contributed by atoms with E-state index >= 15 is 4.79 Å². The number of ether oxygens (including phenoxy) is 8. The highest BCUT2D eigenvalue weighted by Gasteiger charge is 2.71.